The summed E-state index contributed by atoms with van der Waals surface area (Å²) in [4.78, 5) is 0. The molecule has 0 aromatic heterocycles. The lowest BCUT2D eigenvalue weighted by Crippen LogP contribution is -2.45. The summed E-state index contributed by atoms with van der Waals surface area (Å²) in [6, 6.07) is 16.1. The van der Waals surface area contributed by atoms with Gasteiger partial charge in [-0.1, -0.05) is 68.7 Å². The van der Waals surface area contributed by atoms with Crippen LogP contribution in [0.1, 0.15) is 51.0 Å². The molecule has 0 fully saturated rings. The molecule has 4 nitrogen and oxygen atoms in total. The SMILES string of the molecule is CCCCC(CNC(CN)CCCCNC)NCc1cccc2ccccc12. The molecule has 2 rings (SSSR count). The predicted octanol–water partition coefficient (Wildman–Crippen LogP) is 3.79. The van der Waals surface area contributed by atoms with Crippen molar-refractivity contribution in [1.82, 2.24) is 16.0 Å². The molecule has 4 heteroatoms. The monoisotopic (exact) mass is 384 g/mol. The Morgan fingerprint density at radius 2 is 1.68 bits per heavy atom. The topological polar surface area (TPSA) is 62.1 Å². The van der Waals surface area contributed by atoms with Crippen molar-refractivity contribution < 1.29 is 0 Å². The third-order valence-corrected chi connectivity index (χ3v) is 5.53. The van der Waals surface area contributed by atoms with Crippen molar-refractivity contribution in [3.05, 3.63) is 48.0 Å². The van der Waals surface area contributed by atoms with Crippen LogP contribution in [0.2, 0.25) is 0 Å². The van der Waals surface area contributed by atoms with Crippen LogP contribution in [0.3, 0.4) is 0 Å². The Hall–Kier alpha value is -1.46. The number of nitrogens with two attached hydrogens (primary N) is 1. The summed E-state index contributed by atoms with van der Waals surface area (Å²) < 4.78 is 0. The Kier molecular flexibility index (Phi) is 11.1. The molecule has 2 unspecified atom stereocenters. The molecule has 0 spiro atoms. The molecular formula is C24H40N4. The summed E-state index contributed by atoms with van der Waals surface area (Å²) >= 11 is 0. The number of unbranched alkanes of at least 4 members (excludes halogenated alkanes) is 2. The maximum absolute atomic E-state index is 6.00. The molecule has 2 aromatic rings. The highest BCUT2D eigenvalue weighted by Gasteiger charge is 2.12. The van der Waals surface area contributed by atoms with Crippen LogP contribution >= 0.6 is 0 Å². The fourth-order valence-electron chi connectivity index (χ4n) is 3.73. The Labute approximate surface area is 171 Å². The number of hydrogen-bond acceptors (Lipinski definition) is 4. The van der Waals surface area contributed by atoms with Gasteiger partial charge in [0.25, 0.3) is 0 Å². The van der Waals surface area contributed by atoms with Crippen molar-refractivity contribution in [2.24, 2.45) is 5.73 Å². The fourth-order valence-corrected chi connectivity index (χ4v) is 3.73. The van der Waals surface area contributed by atoms with E-state index >= 15 is 0 Å². The molecule has 0 saturated carbocycles. The van der Waals surface area contributed by atoms with Gasteiger partial charge in [0.2, 0.25) is 0 Å². The second-order valence-electron chi connectivity index (χ2n) is 7.80. The molecule has 0 radical (unpaired) electrons. The standard InChI is InChI=1S/C24H40N4/c1-3-4-13-23(19-28-22(17-25)14-7-8-16-26-2)27-18-21-12-9-11-20-10-5-6-15-24(20)21/h5-6,9-12,15,22-23,26-28H,3-4,7-8,13-14,16-19,25H2,1-2H3. The molecule has 2 atom stereocenters. The third-order valence-electron chi connectivity index (χ3n) is 5.53. The van der Waals surface area contributed by atoms with Gasteiger partial charge < -0.3 is 21.7 Å². The van der Waals surface area contributed by atoms with E-state index in [-0.39, 0.29) is 0 Å². The summed E-state index contributed by atoms with van der Waals surface area (Å²) in [6.45, 7) is 5.96. The van der Waals surface area contributed by atoms with E-state index in [1.54, 1.807) is 0 Å². The number of benzene rings is 2. The molecule has 0 aliphatic carbocycles. The number of nitrogens with one attached hydrogen (secondary N) is 3. The van der Waals surface area contributed by atoms with Crippen LogP contribution in [-0.4, -0.2) is 38.8 Å². The van der Waals surface area contributed by atoms with Crippen LogP contribution in [0.5, 0.6) is 0 Å². The number of fused-ring (bicyclic) bond motifs is 1. The van der Waals surface area contributed by atoms with E-state index in [2.05, 4.69) is 65.3 Å². The van der Waals surface area contributed by atoms with Crippen LogP contribution in [-0.2, 0) is 6.54 Å². The van der Waals surface area contributed by atoms with Crippen molar-refractivity contribution in [2.75, 3.05) is 26.7 Å². The normalized spacial score (nSPS) is 13.7. The maximum atomic E-state index is 6.00. The lowest BCUT2D eigenvalue weighted by molar-refractivity contribution is 0.390. The summed E-state index contributed by atoms with van der Waals surface area (Å²) in [5, 5.41) is 13.4. The van der Waals surface area contributed by atoms with Crippen molar-refractivity contribution in [3.8, 4) is 0 Å². The minimum absolute atomic E-state index is 0.417. The predicted molar refractivity (Wildman–Crippen MR) is 123 cm³/mol. The highest BCUT2D eigenvalue weighted by molar-refractivity contribution is 5.85. The first-order valence-electron chi connectivity index (χ1n) is 11.1. The van der Waals surface area contributed by atoms with E-state index in [9.17, 15) is 0 Å². The van der Waals surface area contributed by atoms with Crippen LogP contribution in [0, 0.1) is 0 Å². The molecule has 156 valence electrons. The molecule has 0 saturated heterocycles. The Bertz CT molecular complexity index is 653. The minimum Gasteiger partial charge on any atom is -0.329 e. The Balaban J connectivity index is 1.87. The quantitative estimate of drug-likeness (QED) is 0.353. The van der Waals surface area contributed by atoms with Crippen molar-refractivity contribution >= 4 is 10.8 Å². The first-order chi connectivity index (χ1) is 13.8. The van der Waals surface area contributed by atoms with E-state index in [4.69, 9.17) is 5.73 Å². The van der Waals surface area contributed by atoms with E-state index in [0.29, 0.717) is 18.6 Å². The van der Waals surface area contributed by atoms with Gasteiger partial charge in [-0.25, -0.2) is 0 Å². The first-order valence-corrected chi connectivity index (χ1v) is 11.1. The largest absolute Gasteiger partial charge is 0.329 e. The van der Waals surface area contributed by atoms with Crippen LogP contribution in [0.25, 0.3) is 10.8 Å². The molecule has 0 amide bonds. The van der Waals surface area contributed by atoms with Crippen LogP contribution in [0.15, 0.2) is 42.5 Å². The average molecular weight is 385 g/mol. The van der Waals surface area contributed by atoms with Gasteiger partial charge in [-0.3, -0.25) is 0 Å². The van der Waals surface area contributed by atoms with Gasteiger partial charge in [0.1, 0.15) is 0 Å². The lowest BCUT2D eigenvalue weighted by Gasteiger charge is -2.24. The maximum Gasteiger partial charge on any atom is 0.0214 e. The van der Waals surface area contributed by atoms with Crippen molar-refractivity contribution in [1.29, 1.82) is 0 Å². The molecule has 28 heavy (non-hydrogen) atoms. The zero-order valence-electron chi connectivity index (χ0n) is 17.8. The van der Waals surface area contributed by atoms with E-state index in [1.165, 1.54) is 48.4 Å². The molecular weight excluding hydrogens is 344 g/mol. The fraction of sp³-hybridized carbons (Fsp3) is 0.583. The van der Waals surface area contributed by atoms with E-state index in [1.807, 2.05) is 7.05 Å². The van der Waals surface area contributed by atoms with Crippen molar-refractivity contribution in [3.63, 3.8) is 0 Å². The molecule has 2 aromatic carbocycles. The molecule has 0 bridgehead atoms. The summed E-state index contributed by atoms with van der Waals surface area (Å²) in [5.41, 5.74) is 7.38. The second-order valence-corrected chi connectivity index (χ2v) is 7.80. The number of rotatable bonds is 15. The Morgan fingerprint density at radius 3 is 2.46 bits per heavy atom. The first kappa shape index (κ1) is 22.8. The van der Waals surface area contributed by atoms with Gasteiger partial charge in [-0.15, -0.1) is 0 Å². The van der Waals surface area contributed by atoms with E-state index in [0.717, 1.165) is 26.1 Å². The molecule has 0 heterocycles. The summed E-state index contributed by atoms with van der Waals surface area (Å²) in [7, 11) is 2.01. The molecule has 0 aliphatic heterocycles. The average Bonchev–Trinajstić information content (AvgIpc) is 2.74. The summed E-state index contributed by atoms with van der Waals surface area (Å²) in [5.74, 6) is 0. The highest BCUT2D eigenvalue weighted by Crippen LogP contribution is 2.18. The lowest BCUT2D eigenvalue weighted by atomic mass is 10.0. The second kappa shape index (κ2) is 13.7. The van der Waals surface area contributed by atoms with Gasteiger partial charge >= 0.3 is 0 Å². The van der Waals surface area contributed by atoms with Gasteiger partial charge in [0, 0.05) is 31.7 Å². The van der Waals surface area contributed by atoms with Gasteiger partial charge in [0.15, 0.2) is 0 Å². The smallest absolute Gasteiger partial charge is 0.0214 e. The number of hydrogen-bond donors (Lipinski definition) is 4. The van der Waals surface area contributed by atoms with Gasteiger partial charge in [-0.05, 0) is 49.2 Å². The highest BCUT2D eigenvalue weighted by atomic mass is 15.0. The molecule has 0 aliphatic rings. The molecule has 5 N–H and O–H groups in total. The third kappa shape index (κ3) is 7.88. The van der Waals surface area contributed by atoms with Crippen LogP contribution in [0.4, 0.5) is 0 Å². The zero-order valence-corrected chi connectivity index (χ0v) is 17.8. The van der Waals surface area contributed by atoms with Crippen LogP contribution < -0.4 is 21.7 Å². The zero-order chi connectivity index (χ0) is 20.0. The van der Waals surface area contributed by atoms with E-state index < -0.39 is 0 Å². The summed E-state index contributed by atoms with van der Waals surface area (Å²) in [6.07, 6.45) is 7.28. The van der Waals surface area contributed by atoms with Gasteiger partial charge in [-0.2, -0.15) is 0 Å². The van der Waals surface area contributed by atoms with Gasteiger partial charge in [0.05, 0.1) is 0 Å². The Morgan fingerprint density at radius 1 is 0.893 bits per heavy atom. The van der Waals surface area contributed by atoms with Crippen molar-refractivity contribution in [2.45, 2.75) is 64.1 Å². The minimum atomic E-state index is 0.417.